The Kier molecular flexibility index (Phi) is 3.39. The third-order valence-electron chi connectivity index (χ3n) is 1.52. The highest BCUT2D eigenvalue weighted by atomic mass is 19.1. The van der Waals surface area contributed by atoms with E-state index >= 15 is 0 Å². The molecule has 1 aromatic carbocycles. The van der Waals surface area contributed by atoms with Crippen LogP contribution in [0.25, 0.3) is 0 Å². The Morgan fingerprint density at radius 1 is 1.43 bits per heavy atom. The average molecular weight is 200 g/mol. The SMILES string of the molecule is N=C(N)CCOc1ccc(F)cc1F. The van der Waals surface area contributed by atoms with Gasteiger partial charge in [0.15, 0.2) is 11.6 Å². The predicted molar refractivity (Wildman–Crippen MR) is 48.4 cm³/mol. The summed E-state index contributed by atoms with van der Waals surface area (Å²) in [7, 11) is 0. The van der Waals surface area contributed by atoms with E-state index in [0.29, 0.717) is 0 Å². The molecule has 0 atom stereocenters. The minimum absolute atomic E-state index is 0.0346. The third-order valence-corrected chi connectivity index (χ3v) is 1.52. The number of halogens is 2. The van der Waals surface area contributed by atoms with E-state index in [-0.39, 0.29) is 24.6 Å². The topological polar surface area (TPSA) is 59.1 Å². The largest absolute Gasteiger partial charge is 0.490 e. The van der Waals surface area contributed by atoms with Gasteiger partial charge in [-0.25, -0.2) is 8.78 Å². The van der Waals surface area contributed by atoms with E-state index in [1.165, 1.54) is 6.07 Å². The number of amidine groups is 1. The maximum absolute atomic E-state index is 12.9. The van der Waals surface area contributed by atoms with Crippen LogP contribution in [-0.4, -0.2) is 12.4 Å². The monoisotopic (exact) mass is 200 g/mol. The predicted octanol–water partition coefficient (Wildman–Crippen LogP) is 1.67. The second-order valence-corrected chi connectivity index (χ2v) is 2.70. The van der Waals surface area contributed by atoms with E-state index in [4.69, 9.17) is 15.9 Å². The van der Waals surface area contributed by atoms with Gasteiger partial charge in [-0.15, -0.1) is 0 Å². The second-order valence-electron chi connectivity index (χ2n) is 2.70. The maximum Gasteiger partial charge on any atom is 0.167 e. The first-order chi connectivity index (χ1) is 6.59. The lowest BCUT2D eigenvalue weighted by Crippen LogP contribution is -2.14. The highest BCUT2D eigenvalue weighted by Crippen LogP contribution is 2.17. The molecular weight excluding hydrogens is 190 g/mol. The fraction of sp³-hybridized carbons (Fsp3) is 0.222. The lowest BCUT2D eigenvalue weighted by atomic mass is 10.3. The minimum atomic E-state index is -0.756. The molecule has 0 heterocycles. The molecule has 1 rings (SSSR count). The Hall–Kier alpha value is -1.65. The molecule has 76 valence electrons. The Balaban J connectivity index is 2.55. The van der Waals surface area contributed by atoms with E-state index in [1.54, 1.807) is 0 Å². The molecule has 0 aliphatic heterocycles. The normalized spacial score (nSPS) is 9.86. The zero-order valence-electron chi connectivity index (χ0n) is 7.39. The number of nitrogens with two attached hydrogens (primary N) is 1. The molecule has 0 aliphatic rings. The van der Waals surface area contributed by atoms with E-state index in [2.05, 4.69) is 0 Å². The van der Waals surface area contributed by atoms with Crippen molar-refractivity contribution in [2.45, 2.75) is 6.42 Å². The van der Waals surface area contributed by atoms with Crippen LogP contribution in [0.3, 0.4) is 0 Å². The number of hydrogen-bond donors (Lipinski definition) is 2. The van der Waals surface area contributed by atoms with E-state index in [9.17, 15) is 8.78 Å². The van der Waals surface area contributed by atoms with E-state index < -0.39 is 11.6 Å². The van der Waals surface area contributed by atoms with Gasteiger partial charge in [-0.05, 0) is 12.1 Å². The fourth-order valence-corrected chi connectivity index (χ4v) is 0.863. The average Bonchev–Trinajstić information content (AvgIpc) is 2.08. The van der Waals surface area contributed by atoms with Gasteiger partial charge >= 0.3 is 0 Å². The van der Waals surface area contributed by atoms with Gasteiger partial charge in [0.25, 0.3) is 0 Å². The van der Waals surface area contributed by atoms with Gasteiger partial charge in [0.1, 0.15) is 5.82 Å². The molecule has 0 saturated heterocycles. The number of nitrogens with one attached hydrogen (secondary N) is 1. The van der Waals surface area contributed by atoms with Crippen LogP contribution in [0, 0.1) is 17.0 Å². The van der Waals surface area contributed by atoms with Gasteiger partial charge in [0, 0.05) is 12.5 Å². The van der Waals surface area contributed by atoms with E-state index in [1.807, 2.05) is 0 Å². The van der Waals surface area contributed by atoms with Gasteiger partial charge in [-0.1, -0.05) is 0 Å². The first-order valence-electron chi connectivity index (χ1n) is 4.00. The Labute approximate surface area is 80.0 Å². The minimum Gasteiger partial charge on any atom is -0.490 e. The standard InChI is InChI=1S/C9H10F2N2O/c10-6-1-2-8(7(11)5-6)14-4-3-9(12)13/h1-2,5H,3-4H2,(H3,12,13). The fourth-order valence-electron chi connectivity index (χ4n) is 0.863. The van der Waals surface area contributed by atoms with Gasteiger partial charge in [-0.2, -0.15) is 0 Å². The molecule has 0 spiro atoms. The third kappa shape index (κ3) is 3.01. The molecule has 0 saturated carbocycles. The highest BCUT2D eigenvalue weighted by molar-refractivity contribution is 5.76. The van der Waals surface area contributed by atoms with E-state index in [0.717, 1.165) is 12.1 Å². The van der Waals surface area contributed by atoms with Crippen molar-refractivity contribution < 1.29 is 13.5 Å². The summed E-state index contributed by atoms with van der Waals surface area (Å²) in [6.07, 6.45) is 0.219. The molecule has 0 unspecified atom stereocenters. The smallest absolute Gasteiger partial charge is 0.167 e. The van der Waals surface area contributed by atoms with Crippen molar-refractivity contribution in [2.75, 3.05) is 6.61 Å². The van der Waals surface area contributed by atoms with Crippen LogP contribution in [0.15, 0.2) is 18.2 Å². The molecule has 0 aliphatic carbocycles. The highest BCUT2D eigenvalue weighted by Gasteiger charge is 2.04. The van der Waals surface area contributed by atoms with Gasteiger partial charge in [-0.3, -0.25) is 5.41 Å². The van der Waals surface area contributed by atoms with Crippen molar-refractivity contribution in [1.82, 2.24) is 0 Å². The summed E-state index contributed by atoms with van der Waals surface area (Å²) < 4.78 is 30.3. The number of hydrogen-bond acceptors (Lipinski definition) is 2. The Morgan fingerprint density at radius 3 is 2.71 bits per heavy atom. The molecule has 0 amide bonds. The Morgan fingerprint density at radius 2 is 2.14 bits per heavy atom. The van der Waals surface area contributed by atoms with Crippen LogP contribution in [0.5, 0.6) is 5.75 Å². The van der Waals surface area contributed by atoms with Gasteiger partial charge in [0.2, 0.25) is 0 Å². The summed E-state index contributed by atoms with van der Waals surface area (Å²) in [4.78, 5) is 0. The number of rotatable bonds is 4. The van der Waals surface area contributed by atoms with Crippen molar-refractivity contribution in [3.05, 3.63) is 29.8 Å². The van der Waals surface area contributed by atoms with Crippen LogP contribution in [0.4, 0.5) is 8.78 Å². The summed E-state index contributed by atoms with van der Waals surface area (Å²) in [6, 6.07) is 3.04. The van der Waals surface area contributed by atoms with Crippen molar-refractivity contribution >= 4 is 5.84 Å². The molecule has 0 bridgehead atoms. The zero-order valence-corrected chi connectivity index (χ0v) is 7.39. The molecule has 0 radical (unpaired) electrons. The maximum atomic E-state index is 12.9. The van der Waals surface area contributed by atoms with Gasteiger partial charge < -0.3 is 10.5 Å². The Bertz CT molecular complexity index is 342. The number of ether oxygens (including phenoxy) is 1. The van der Waals surface area contributed by atoms with Crippen molar-refractivity contribution in [3.63, 3.8) is 0 Å². The summed E-state index contributed by atoms with van der Waals surface area (Å²) in [5, 5.41) is 6.89. The van der Waals surface area contributed by atoms with Gasteiger partial charge in [0.05, 0.1) is 12.4 Å². The molecular formula is C9H10F2N2O. The second kappa shape index (κ2) is 4.55. The molecule has 1 aromatic rings. The molecule has 3 nitrogen and oxygen atoms in total. The van der Waals surface area contributed by atoms with Crippen LogP contribution < -0.4 is 10.5 Å². The van der Waals surface area contributed by atoms with Crippen LogP contribution in [0.2, 0.25) is 0 Å². The molecule has 3 N–H and O–H groups in total. The summed E-state index contributed by atoms with van der Waals surface area (Å²) in [6.45, 7) is 0.109. The van der Waals surface area contributed by atoms with Crippen molar-refractivity contribution in [2.24, 2.45) is 5.73 Å². The van der Waals surface area contributed by atoms with Crippen LogP contribution in [-0.2, 0) is 0 Å². The first-order valence-corrected chi connectivity index (χ1v) is 4.00. The number of benzene rings is 1. The lowest BCUT2D eigenvalue weighted by molar-refractivity contribution is 0.310. The van der Waals surface area contributed by atoms with Crippen LogP contribution in [0.1, 0.15) is 6.42 Å². The van der Waals surface area contributed by atoms with Crippen molar-refractivity contribution in [3.8, 4) is 5.75 Å². The quantitative estimate of drug-likeness (QED) is 0.573. The molecule has 0 aromatic heterocycles. The molecule has 0 fully saturated rings. The summed E-state index contributed by atoms with van der Waals surface area (Å²) >= 11 is 0. The lowest BCUT2D eigenvalue weighted by Gasteiger charge is -2.05. The zero-order chi connectivity index (χ0) is 10.6. The van der Waals surface area contributed by atoms with Crippen LogP contribution >= 0.6 is 0 Å². The molecule has 14 heavy (non-hydrogen) atoms. The van der Waals surface area contributed by atoms with Crippen molar-refractivity contribution in [1.29, 1.82) is 5.41 Å². The summed E-state index contributed by atoms with van der Waals surface area (Å²) in [5.41, 5.74) is 5.07. The molecule has 5 heteroatoms. The first kappa shape index (κ1) is 10.4. The summed E-state index contributed by atoms with van der Waals surface area (Å²) in [5.74, 6) is -1.48.